The first-order valence-electron chi connectivity index (χ1n) is 45.2. The highest BCUT2D eigenvalue weighted by molar-refractivity contribution is 7.32. The van der Waals surface area contributed by atoms with E-state index in [-0.39, 0.29) is 180 Å². The number of nitrogens with one attached hydrogen (secondary N) is 11. The van der Waals surface area contributed by atoms with Crippen LogP contribution < -0.4 is 58.5 Å². The van der Waals surface area contributed by atoms with E-state index in [1.54, 1.807) is 0 Å². The second-order valence-electron chi connectivity index (χ2n) is 32.8. The number of aliphatic hydroxyl groups excluding tert-OH is 10. The molecule has 0 bridgehead atoms. The zero-order valence-electron chi connectivity index (χ0n) is 74.9. The van der Waals surface area contributed by atoms with E-state index in [9.17, 15) is 113 Å². The number of likely N-dealkylation sites (tertiary alicyclic amines) is 1. The fraction of sp³-hybridized carbons (Fsp3) is 0.854. The summed E-state index contributed by atoms with van der Waals surface area (Å²) in [6, 6.07) is -5.07. The van der Waals surface area contributed by atoms with Gasteiger partial charge < -0.3 is 162 Å². The van der Waals surface area contributed by atoms with Crippen molar-refractivity contribution in [1.82, 2.24) is 63.4 Å². The number of ether oxygens (including phenoxy) is 10. The van der Waals surface area contributed by atoms with E-state index >= 15 is 0 Å². The minimum absolute atomic E-state index is 0.0303. The Balaban J connectivity index is 1.18. The first-order valence-corrected chi connectivity index (χ1v) is 46.3. The van der Waals surface area contributed by atoms with Gasteiger partial charge in [-0.3, -0.25) is 57.5 Å². The number of aliphatic hydroxyl groups is 10. The fourth-order valence-corrected chi connectivity index (χ4v) is 15.5. The van der Waals surface area contributed by atoms with Gasteiger partial charge in [0.1, 0.15) is 104 Å². The van der Waals surface area contributed by atoms with E-state index in [4.69, 9.17) is 56.8 Å². The Morgan fingerprint density at radius 3 is 1.05 bits per heavy atom. The molecule has 0 aromatic heterocycles. The van der Waals surface area contributed by atoms with Crippen LogP contribution in [-0.2, 0) is 114 Å². The standard InChI is InChI=1S/C82H143N12O35P/c1-49(98)89-67-74(114)71(111)55(44-95)127-80(67)122-36-16-13-22-59(103)83-30-19-33-86-62(106)27-39-119-48-58-77(120-40-28-63(107)87-34-20-31-84-60(104)23-14-17-37-123-81-68(90-50(2)99)75(115)72(112)56(45-96)128-81)78(121-41-29-64(108)88-35-21-32-85-61(105)24-15-18-38-124-82-69(91-51(3)100)76(116)73(113)57(46-97)129-82)70(92-52(4)101)79(126-58)93-65(109)25-11-9-7-5-6-8-10-12-26-66(110)94-43-54(102)42-53(94)47-125-130(117)118/h53-58,67-82,95-97,102,111-116H,5-48H2,1-4H3,(H11-,83,84,85,86,87,88,89,90,91,92,93,98,99,100,101,103,104,105,106,107,108,109,117,118)/p+1/t53-,54+,55+,56+,57+,58+,67+,68+,69+,70+,71-,72-,73-,74+,75+,76+,77+,78+,79+,80+,81+,82+/m0/s1. The van der Waals surface area contributed by atoms with Crippen molar-refractivity contribution in [1.29, 1.82) is 0 Å². The van der Waals surface area contributed by atoms with Gasteiger partial charge in [-0.2, -0.15) is 0 Å². The maximum Gasteiger partial charge on any atom is 0.694 e. The molecule has 0 saturated carbocycles. The molecule has 5 rings (SSSR count). The van der Waals surface area contributed by atoms with E-state index in [0.717, 1.165) is 32.1 Å². The molecule has 0 spiro atoms. The molecule has 12 amide bonds. The van der Waals surface area contributed by atoms with Crippen LogP contribution in [0.15, 0.2) is 0 Å². The molecule has 0 aromatic carbocycles. The molecule has 5 heterocycles. The molecule has 0 aromatic rings. The van der Waals surface area contributed by atoms with Crippen molar-refractivity contribution in [2.45, 2.75) is 329 Å². The van der Waals surface area contributed by atoms with Crippen molar-refractivity contribution < 1.29 is 170 Å². The van der Waals surface area contributed by atoms with E-state index in [1.165, 1.54) is 32.6 Å². The zero-order chi connectivity index (χ0) is 95.5. The molecule has 5 fully saturated rings. The van der Waals surface area contributed by atoms with Gasteiger partial charge >= 0.3 is 8.25 Å². The molecular weight excluding hydrogens is 1740 g/mol. The second-order valence-corrected chi connectivity index (χ2v) is 33.5. The van der Waals surface area contributed by atoms with Crippen LogP contribution in [0.3, 0.4) is 0 Å². The van der Waals surface area contributed by atoms with Gasteiger partial charge in [0.05, 0.1) is 58.4 Å². The summed E-state index contributed by atoms with van der Waals surface area (Å²) in [5.41, 5.74) is 0. The summed E-state index contributed by atoms with van der Waals surface area (Å²) in [6.07, 6.45) is -12.5. The molecule has 48 heteroatoms. The van der Waals surface area contributed by atoms with Crippen molar-refractivity contribution in [2.24, 2.45) is 0 Å². The molecule has 746 valence electrons. The van der Waals surface area contributed by atoms with Crippen molar-refractivity contribution in [3.05, 3.63) is 0 Å². The zero-order valence-corrected chi connectivity index (χ0v) is 75.8. The van der Waals surface area contributed by atoms with Crippen molar-refractivity contribution in [3.8, 4) is 0 Å². The Morgan fingerprint density at radius 2 is 0.677 bits per heavy atom. The molecule has 0 aliphatic carbocycles. The van der Waals surface area contributed by atoms with Crippen LogP contribution in [0.4, 0.5) is 0 Å². The number of unbranched alkanes of at least 4 members (excludes halogenated alkanes) is 10. The number of β-amino-alcohol motifs (C(OH)–C–C–N with tert-alkyl or cyclic N) is 1. The Hall–Kier alpha value is -7.14. The van der Waals surface area contributed by atoms with Gasteiger partial charge in [0.15, 0.2) is 25.1 Å². The lowest BCUT2D eigenvalue weighted by molar-refractivity contribution is -0.270. The predicted molar refractivity (Wildman–Crippen MR) is 454 cm³/mol. The summed E-state index contributed by atoms with van der Waals surface area (Å²) < 4.78 is 75.5. The normalized spacial score (nSPS) is 27.3. The molecule has 0 radical (unpaired) electrons. The van der Waals surface area contributed by atoms with E-state index in [2.05, 4.69) is 58.5 Å². The predicted octanol–water partition coefficient (Wildman–Crippen LogP) is -5.92. The third-order valence-corrected chi connectivity index (χ3v) is 22.4. The van der Waals surface area contributed by atoms with Crippen LogP contribution in [0.2, 0.25) is 0 Å². The summed E-state index contributed by atoms with van der Waals surface area (Å²) in [4.78, 5) is 165. The van der Waals surface area contributed by atoms with Crippen LogP contribution in [-0.4, -0.2) is 385 Å². The number of rotatable bonds is 65. The topological polar surface area (TPSA) is 682 Å². The number of carbonyl (C=O) groups excluding carboxylic acids is 12. The highest BCUT2D eigenvalue weighted by atomic mass is 31.1. The van der Waals surface area contributed by atoms with E-state index in [0.29, 0.717) is 77.0 Å². The van der Waals surface area contributed by atoms with Gasteiger partial charge in [-0.15, -0.1) is 9.42 Å². The summed E-state index contributed by atoms with van der Waals surface area (Å²) in [6.45, 7) is 3.05. The smallest absolute Gasteiger partial charge is 0.394 e. The molecule has 1 unspecified atom stereocenters. The van der Waals surface area contributed by atoms with Crippen LogP contribution >= 0.6 is 8.25 Å². The molecular formula is C82H144N12O35P+. The molecule has 5 aliphatic rings. The van der Waals surface area contributed by atoms with Crippen LogP contribution in [0.1, 0.15) is 195 Å². The van der Waals surface area contributed by atoms with Crippen LogP contribution in [0.5, 0.6) is 0 Å². The van der Waals surface area contributed by atoms with Gasteiger partial charge in [-0.25, -0.2) is 0 Å². The Kier molecular flexibility index (Phi) is 55.8. The number of nitrogens with zero attached hydrogens (tertiary/aromatic N) is 1. The number of amides is 12. The molecule has 5 aliphatic heterocycles. The fourth-order valence-electron chi connectivity index (χ4n) is 15.2. The highest BCUT2D eigenvalue weighted by Gasteiger charge is 2.51. The van der Waals surface area contributed by atoms with E-state index < -0.39 is 210 Å². The lowest BCUT2D eigenvalue weighted by Gasteiger charge is -2.46. The number of carbonyl (C=O) groups is 12. The molecule has 47 nitrogen and oxygen atoms in total. The van der Waals surface area contributed by atoms with Gasteiger partial charge in [-0.05, 0) is 77.0 Å². The van der Waals surface area contributed by atoms with Crippen LogP contribution in [0.25, 0.3) is 0 Å². The van der Waals surface area contributed by atoms with Crippen molar-refractivity contribution in [2.75, 3.05) is 118 Å². The summed E-state index contributed by atoms with van der Waals surface area (Å²) in [5, 5.41) is 131. The molecule has 22 N–H and O–H groups in total. The van der Waals surface area contributed by atoms with Gasteiger partial charge in [0.2, 0.25) is 70.9 Å². The number of hydrogen-bond donors (Lipinski definition) is 22. The lowest BCUT2D eigenvalue weighted by atomic mass is 9.94. The quantitative estimate of drug-likeness (QED) is 0.0199. The SMILES string of the molecule is CC(=O)N[C@@H]1[C@@H](OCCC(=O)NCCCNC(=O)CCCCO[C@@H]2O[C@H](CO)[C@H](O)[C@H](O)[C@H]2NC(C)=O)[C@H](OCCC(=O)NCCCNC(=O)CCCCO[C@@H]2O[C@H](CO)[C@H](O)[C@H](O)[C@H]2NC(C)=O)[C@@H](COCCC(=O)NCCCNC(=O)CCCCO[C@@H]2O[C@H](CO)[C@H](O)[C@H](O)[C@H]2NC(C)=O)O[C@H]1NC(=O)CCCCCCCCCCC(=O)N1C[C@H](O)C[C@H]1CO[P+](=O)O. The first kappa shape index (κ1) is 113. The lowest BCUT2D eigenvalue weighted by Crippen LogP contribution is -2.69. The first-order chi connectivity index (χ1) is 62.2. The Labute approximate surface area is 757 Å². The average Bonchev–Trinajstić information content (AvgIpc) is 0.828. The minimum atomic E-state index is -2.85. The van der Waals surface area contributed by atoms with E-state index in [1.807, 2.05) is 0 Å². The van der Waals surface area contributed by atoms with Crippen molar-refractivity contribution >= 4 is 79.1 Å². The average molecular weight is 1890 g/mol. The Morgan fingerprint density at radius 1 is 0.346 bits per heavy atom. The maximum absolute atomic E-state index is 14.0. The largest absolute Gasteiger partial charge is 0.694 e. The maximum atomic E-state index is 14.0. The molecule has 5 saturated heterocycles. The van der Waals surface area contributed by atoms with Gasteiger partial charge in [-0.1, -0.05) is 38.5 Å². The summed E-state index contributed by atoms with van der Waals surface area (Å²) in [7, 11) is -2.85. The number of hydrogen-bond acceptors (Lipinski definition) is 34. The van der Waals surface area contributed by atoms with Gasteiger partial charge in [0, 0.05) is 149 Å². The Bertz CT molecular complexity index is 3410. The third-order valence-electron chi connectivity index (χ3n) is 22.0. The van der Waals surface area contributed by atoms with Crippen molar-refractivity contribution in [3.63, 3.8) is 0 Å². The van der Waals surface area contributed by atoms with Crippen LogP contribution in [0, 0.1) is 0 Å². The third kappa shape index (κ3) is 43.5. The second kappa shape index (κ2) is 63.9. The minimum Gasteiger partial charge on any atom is -0.394 e. The monoisotopic (exact) mass is 1890 g/mol. The summed E-state index contributed by atoms with van der Waals surface area (Å²) in [5.74, 6) is -4.95. The highest BCUT2D eigenvalue weighted by Crippen LogP contribution is 2.31. The summed E-state index contributed by atoms with van der Waals surface area (Å²) >= 11 is 0. The van der Waals surface area contributed by atoms with Gasteiger partial charge in [0.25, 0.3) is 0 Å². The molecule has 23 atom stereocenters. The molecule has 130 heavy (non-hydrogen) atoms.